The fourth-order valence-electron chi connectivity index (χ4n) is 2.90. The summed E-state index contributed by atoms with van der Waals surface area (Å²) in [6.07, 6.45) is 1.80. The maximum absolute atomic E-state index is 13.3. The highest BCUT2D eigenvalue weighted by Crippen LogP contribution is 2.29. The molecule has 0 saturated heterocycles. The Bertz CT molecular complexity index is 1140. The van der Waals surface area contributed by atoms with Gasteiger partial charge in [-0.1, -0.05) is 12.1 Å². The van der Waals surface area contributed by atoms with Crippen molar-refractivity contribution < 1.29 is 13.9 Å². The maximum Gasteiger partial charge on any atom is 0.324 e. The van der Waals surface area contributed by atoms with Crippen molar-refractivity contribution >= 4 is 23.2 Å². The third kappa shape index (κ3) is 3.50. The van der Waals surface area contributed by atoms with E-state index in [9.17, 15) is 9.18 Å². The lowest BCUT2D eigenvalue weighted by molar-refractivity contribution is 0.262. The van der Waals surface area contributed by atoms with Crippen LogP contribution in [0.4, 0.5) is 20.7 Å². The predicted octanol–water partition coefficient (Wildman–Crippen LogP) is 4.79. The van der Waals surface area contributed by atoms with E-state index in [1.165, 1.54) is 12.1 Å². The highest BCUT2D eigenvalue weighted by molar-refractivity contribution is 6.01. The normalized spacial score (nSPS) is 10.6. The highest BCUT2D eigenvalue weighted by Gasteiger charge is 2.16. The van der Waals surface area contributed by atoms with Crippen molar-refractivity contribution in [3.63, 3.8) is 0 Å². The molecule has 6 nitrogen and oxygen atoms in total. The van der Waals surface area contributed by atoms with E-state index in [2.05, 4.69) is 15.6 Å². The number of methoxy groups -OCH3 is 1. The van der Waals surface area contributed by atoms with Crippen molar-refractivity contribution in [2.45, 2.75) is 0 Å². The molecule has 0 radical (unpaired) electrons. The van der Waals surface area contributed by atoms with Crippen molar-refractivity contribution in [3.05, 3.63) is 78.7 Å². The second-order valence-electron chi connectivity index (χ2n) is 6.06. The summed E-state index contributed by atoms with van der Waals surface area (Å²) in [6, 6.07) is 18.1. The van der Waals surface area contributed by atoms with Crippen molar-refractivity contribution in [2.24, 2.45) is 0 Å². The SMILES string of the molecule is COc1cccc(NC(=O)Nc2c(-c3ccc(F)cc3)nc3ccccn23)c1. The first kappa shape index (κ1) is 17.5. The Morgan fingerprint density at radius 2 is 1.86 bits per heavy atom. The van der Waals surface area contributed by atoms with Crippen LogP contribution in [-0.4, -0.2) is 22.5 Å². The summed E-state index contributed by atoms with van der Waals surface area (Å²) < 4.78 is 20.2. The van der Waals surface area contributed by atoms with Gasteiger partial charge in [0.15, 0.2) is 0 Å². The van der Waals surface area contributed by atoms with Gasteiger partial charge in [0.05, 0.1) is 7.11 Å². The first-order valence-electron chi connectivity index (χ1n) is 8.59. The number of anilines is 2. The van der Waals surface area contributed by atoms with Crippen LogP contribution >= 0.6 is 0 Å². The summed E-state index contributed by atoms with van der Waals surface area (Å²) in [7, 11) is 1.56. The van der Waals surface area contributed by atoms with Gasteiger partial charge in [-0.05, 0) is 48.5 Å². The first-order chi connectivity index (χ1) is 13.6. The van der Waals surface area contributed by atoms with E-state index in [0.29, 0.717) is 34.2 Å². The van der Waals surface area contributed by atoms with Gasteiger partial charge in [-0.15, -0.1) is 0 Å². The number of hydrogen-bond donors (Lipinski definition) is 2. The third-order valence-electron chi connectivity index (χ3n) is 4.21. The van der Waals surface area contributed by atoms with Crippen LogP contribution in [0.15, 0.2) is 72.9 Å². The van der Waals surface area contributed by atoms with Gasteiger partial charge in [0.2, 0.25) is 0 Å². The molecule has 0 aliphatic carbocycles. The number of rotatable bonds is 4. The lowest BCUT2D eigenvalue weighted by Crippen LogP contribution is -2.20. The molecule has 2 N–H and O–H groups in total. The number of nitrogens with one attached hydrogen (secondary N) is 2. The van der Waals surface area contributed by atoms with Crippen LogP contribution in [0, 0.1) is 5.82 Å². The standard InChI is InChI=1S/C21H17FN4O2/c1-28-17-6-4-5-16(13-17)23-21(27)25-20-19(14-8-10-15(22)11-9-14)24-18-7-2-3-12-26(18)20/h2-13H,1H3,(H2,23,25,27). The second-order valence-corrected chi connectivity index (χ2v) is 6.06. The van der Waals surface area contributed by atoms with Crippen molar-refractivity contribution in [1.29, 1.82) is 0 Å². The van der Waals surface area contributed by atoms with Crippen LogP contribution in [0.2, 0.25) is 0 Å². The molecule has 2 heterocycles. The number of amides is 2. The fourth-order valence-corrected chi connectivity index (χ4v) is 2.90. The Morgan fingerprint density at radius 3 is 2.64 bits per heavy atom. The van der Waals surface area contributed by atoms with Gasteiger partial charge in [-0.2, -0.15) is 0 Å². The molecule has 4 aromatic rings. The molecule has 0 bridgehead atoms. The van der Waals surface area contributed by atoms with Gasteiger partial charge in [-0.25, -0.2) is 14.2 Å². The molecule has 0 aliphatic rings. The predicted molar refractivity (Wildman–Crippen MR) is 106 cm³/mol. The smallest absolute Gasteiger partial charge is 0.324 e. The van der Waals surface area contributed by atoms with Crippen LogP contribution in [-0.2, 0) is 0 Å². The van der Waals surface area contributed by atoms with Gasteiger partial charge >= 0.3 is 6.03 Å². The molecule has 0 fully saturated rings. The number of benzene rings is 2. The van der Waals surface area contributed by atoms with Crippen LogP contribution in [0.1, 0.15) is 0 Å². The number of ether oxygens (including phenoxy) is 1. The Kier molecular flexibility index (Phi) is 4.63. The number of nitrogens with zero attached hydrogens (tertiary/aromatic N) is 2. The lowest BCUT2D eigenvalue weighted by Gasteiger charge is -2.10. The molecule has 4 rings (SSSR count). The quantitative estimate of drug-likeness (QED) is 0.538. The highest BCUT2D eigenvalue weighted by atomic mass is 19.1. The number of carbonyl (C=O) groups excluding carboxylic acids is 1. The van der Waals surface area contributed by atoms with E-state index >= 15 is 0 Å². The summed E-state index contributed by atoms with van der Waals surface area (Å²) in [5.41, 5.74) is 2.50. The second kappa shape index (κ2) is 7.40. The van der Waals surface area contributed by atoms with Gasteiger partial charge in [0.25, 0.3) is 0 Å². The minimum Gasteiger partial charge on any atom is -0.497 e. The maximum atomic E-state index is 13.3. The number of aromatic nitrogens is 2. The van der Waals surface area contributed by atoms with E-state index in [1.54, 1.807) is 54.1 Å². The molecular formula is C21H17FN4O2. The summed E-state index contributed by atoms with van der Waals surface area (Å²) in [5.74, 6) is 0.792. The number of pyridine rings is 1. The minimum atomic E-state index is -0.428. The molecule has 7 heteroatoms. The molecule has 2 aromatic heterocycles. The number of hydrogen-bond acceptors (Lipinski definition) is 3. The molecule has 0 saturated carbocycles. The van der Waals surface area contributed by atoms with Gasteiger partial charge < -0.3 is 10.1 Å². The summed E-state index contributed by atoms with van der Waals surface area (Å²) in [4.78, 5) is 17.2. The Hall–Kier alpha value is -3.87. The number of imidazole rings is 1. The molecule has 0 unspecified atom stereocenters. The van der Waals surface area contributed by atoms with E-state index in [0.717, 1.165) is 0 Å². The average Bonchev–Trinajstić information content (AvgIpc) is 3.07. The number of halogens is 1. The van der Waals surface area contributed by atoms with Crippen LogP contribution in [0.5, 0.6) is 5.75 Å². The molecule has 2 aromatic carbocycles. The molecule has 140 valence electrons. The zero-order chi connectivity index (χ0) is 19.5. The van der Waals surface area contributed by atoms with Crippen LogP contribution in [0.25, 0.3) is 16.9 Å². The third-order valence-corrected chi connectivity index (χ3v) is 4.21. The van der Waals surface area contributed by atoms with Crippen molar-refractivity contribution in [1.82, 2.24) is 9.38 Å². The largest absolute Gasteiger partial charge is 0.497 e. The zero-order valence-corrected chi connectivity index (χ0v) is 15.0. The Labute approximate surface area is 160 Å². The monoisotopic (exact) mass is 376 g/mol. The molecule has 0 spiro atoms. The van der Waals surface area contributed by atoms with Crippen molar-refractivity contribution in [2.75, 3.05) is 17.7 Å². The van der Waals surface area contributed by atoms with Crippen molar-refractivity contribution in [3.8, 4) is 17.0 Å². The van der Waals surface area contributed by atoms with Crippen LogP contribution < -0.4 is 15.4 Å². The lowest BCUT2D eigenvalue weighted by atomic mass is 10.1. The van der Waals surface area contributed by atoms with E-state index in [4.69, 9.17) is 4.74 Å². The van der Waals surface area contributed by atoms with E-state index in [-0.39, 0.29) is 5.82 Å². The van der Waals surface area contributed by atoms with E-state index < -0.39 is 6.03 Å². The summed E-state index contributed by atoms with van der Waals surface area (Å²) in [5, 5.41) is 5.62. The Morgan fingerprint density at radius 1 is 1.04 bits per heavy atom. The van der Waals surface area contributed by atoms with E-state index in [1.807, 2.05) is 18.2 Å². The molecular weight excluding hydrogens is 359 g/mol. The van der Waals surface area contributed by atoms with Gasteiger partial charge in [-0.3, -0.25) is 9.72 Å². The Balaban J connectivity index is 1.68. The topological polar surface area (TPSA) is 67.7 Å². The fraction of sp³-hybridized carbons (Fsp3) is 0.0476. The molecule has 28 heavy (non-hydrogen) atoms. The molecule has 2 amide bonds. The number of urea groups is 1. The first-order valence-corrected chi connectivity index (χ1v) is 8.59. The summed E-state index contributed by atoms with van der Waals surface area (Å²) in [6.45, 7) is 0. The summed E-state index contributed by atoms with van der Waals surface area (Å²) >= 11 is 0. The van der Waals surface area contributed by atoms with Gasteiger partial charge in [0.1, 0.15) is 28.7 Å². The zero-order valence-electron chi connectivity index (χ0n) is 15.0. The molecule has 0 aliphatic heterocycles. The average molecular weight is 376 g/mol. The minimum absolute atomic E-state index is 0.335. The van der Waals surface area contributed by atoms with Gasteiger partial charge in [0, 0.05) is 23.5 Å². The molecule has 0 atom stereocenters. The van der Waals surface area contributed by atoms with Crippen LogP contribution in [0.3, 0.4) is 0 Å². The number of fused-ring (bicyclic) bond motifs is 1. The number of carbonyl (C=O) groups is 1.